The summed E-state index contributed by atoms with van der Waals surface area (Å²) in [7, 11) is 0. The van der Waals surface area contributed by atoms with Crippen molar-refractivity contribution >= 4 is 15.9 Å². The van der Waals surface area contributed by atoms with Crippen LogP contribution in [0.4, 0.5) is 0 Å². The van der Waals surface area contributed by atoms with Gasteiger partial charge in [0.05, 0.1) is 4.32 Å². The topological polar surface area (TPSA) is 0 Å². The molecule has 0 saturated heterocycles. The molecule has 1 aliphatic rings. The van der Waals surface area contributed by atoms with Crippen LogP contribution in [0.3, 0.4) is 0 Å². The van der Waals surface area contributed by atoms with Crippen molar-refractivity contribution in [3.8, 4) is 11.8 Å². The van der Waals surface area contributed by atoms with Crippen LogP contribution in [0.1, 0.15) is 25.8 Å². The predicted octanol–water partition coefficient (Wildman–Crippen LogP) is 3.60. The second-order valence-electron chi connectivity index (χ2n) is 4.48. The zero-order valence-electron chi connectivity index (χ0n) is 8.47. The van der Waals surface area contributed by atoms with Gasteiger partial charge in [0.25, 0.3) is 0 Å². The standard InChI is InChI=1S/C13H13Br/c1-12(2)10-13(12,14)9-8-11-6-4-3-5-7-11/h3-7H,10H2,1-2H3. The van der Waals surface area contributed by atoms with Gasteiger partial charge in [0.1, 0.15) is 0 Å². The van der Waals surface area contributed by atoms with Crippen LogP contribution >= 0.6 is 15.9 Å². The molecule has 0 N–H and O–H groups in total. The molecule has 1 aromatic carbocycles. The van der Waals surface area contributed by atoms with E-state index >= 15 is 0 Å². The highest BCUT2D eigenvalue weighted by atomic mass is 79.9. The summed E-state index contributed by atoms with van der Waals surface area (Å²) in [5.41, 5.74) is 1.42. The van der Waals surface area contributed by atoms with E-state index in [4.69, 9.17) is 0 Å². The first kappa shape index (κ1) is 9.80. The Kier molecular flexibility index (Phi) is 2.20. The first-order chi connectivity index (χ1) is 6.54. The highest BCUT2D eigenvalue weighted by Crippen LogP contribution is 2.61. The van der Waals surface area contributed by atoms with Crippen molar-refractivity contribution in [3.63, 3.8) is 0 Å². The quantitative estimate of drug-likeness (QED) is 0.486. The van der Waals surface area contributed by atoms with Gasteiger partial charge in [0, 0.05) is 5.56 Å². The third-order valence-electron chi connectivity index (χ3n) is 2.81. The fraction of sp³-hybridized carbons (Fsp3) is 0.385. The molecule has 0 nitrogen and oxygen atoms in total. The van der Waals surface area contributed by atoms with Gasteiger partial charge in [-0.2, -0.15) is 0 Å². The monoisotopic (exact) mass is 248 g/mol. The van der Waals surface area contributed by atoms with E-state index in [1.54, 1.807) is 0 Å². The summed E-state index contributed by atoms with van der Waals surface area (Å²) in [6.07, 6.45) is 1.14. The van der Waals surface area contributed by atoms with Crippen LogP contribution in [0.2, 0.25) is 0 Å². The summed E-state index contributed by atoms with van der Waals surface area (Å²) in [6.45, 7) is 4.48. The average Bonchev–Trinajstić information content (AvgIpc) is 2.65. The molecule has 1 saturated carbocycles. The summed E-state index contributed by atoms with van der Waals surface area (Å²) in [6, 6.07) is 10.1. The van der Waals surface area contributed by atoms with Crippen molar-refractivity contribution in [3.05, 3.63) is 35.9 Å². The number of alkyl halides is 1. The molecule has 1 atom stereocenters. The lowest BCUT2D eigenvalue weighted by Crippen LogP contribution is -2.03. The third-order valence-corrected chi connectivity index (χ3v) is 4.36. The molecule has 1 aromatic rings. The largest absolute Gasteiger partial charge is 0.0923 e. The molecule has 0 spiro atoms. The molecule has 1 aliphatic carbocycles. The van der Waals surface area contributed by atoms with Crippen molar-refractivity contribution in [2.45, 2.75) is 24.6 Å². The SMILES string of the molecule is CC1(C)CC1(Br)C#Cc1ccccc1. The molecule has 0 amide bonds. The van der Waals surface area contributed by atoms with Crippen LogP contribution in [0, 0.1) is 17.3 Å². The average molecular weight is 249 g/mol. The Bertz CT molecular complexity index is 394. The second kappa shape index (κ2) is 3.14. The molecular weight excluding hydrogens is 236 g/mol. The van der Waals surface area contributed by atoms with Crippen molar-refractivity contribution < 1.29 is 0 Å². The maximum Gasteiger partial charge on any atom is 0.0923 e. The van der Waals surface area contributed by atoms with Gasteiger partial charge in [-0.1, -0.05) is 59.8 Å². The number of halogens is 1. The van der Waals surface area contributed by atoms with Crippen molar-refractivity contribution in [1.29, 1.82) is 0 Å². The van der Waals surface area contributed by atoms with Crippen molar-refractivity contribution in [2.24, 2.45) is 5.41 Å². The van der Waals surface area contributed by atoms with E-state index in [9.17, 15) is 0 Å². The normalized spacial score (nSPS) is 27.6. The Morgan fingerprint density at radius 3 is 2.29 bits per heavy atom. The molecule has 1 unspecified atom stereocenters. The molecule has 14 heavy (non-hydrogen) atoms. The van der Waals surface area contributed by atoms with E-state index in [-0.39, 0.29) is 4.32 Å². The molecule has 2 rings (SSSR count). The lowest BCUT2D eigenvalue weighted by atomic mass is 10.1. The van der Waals surface area contributed by atoms with Gasteiger partial charge < -0.3 is 0 Å². The van der Waals surface area contributed by atoms with Crippen molar-refractivity contribution in [1.82, 2.24) is 0 Å². The van der Waals surface area contributed by atoms with E-state index in [2.05, 4.69) is 41.6 Å². The summed E-state index contributed by atoms with van der Waals surface area (Å²) in [5, 5.41) is 0. The summed E-state index contributed by atoms with van der Waals surface area (Å²) < 4.78 is 0.0514. The number of rotatable bonds is 0. The highest BCUT2D eigenvalue weighted by molar-refractivity contribution is 9.10. The van der Waals surface area contributed by atoms with E-state index in [0.29, 0.717) is 5.41 Å². The number of hydrogen-bond acceptors (Lipinski definition) is 0. The van der Waals surface area contributed by atoms with Gasteiger partial charge in [0.2, 0.25) is 0 Å². The lowest BCUT2D eigenvalue weighted by molar-refractivity contribution is 0.636. The van der Waals surface area contributed by atoms with Crippen LogP contribution in [0.15, 0.2) is 30.3 Å². The molecule has 0 bridgehead atoms. The summed E-state index contributed by atoms with van der Waals surface area (Å²) in [4.78, 5) is 0. The minimum atomic E-state index is 0.0514. The molecule has 72 valence electrons. The third kappa shape index (κ3) is 1.72. The van der Waals surface area contributed by atoms with E-state index in [1.807, 2.05) is 30.3 Å². The molecule has 1 fully saturated rings. The fourth-order valence-electron chi connectivity index (χ4n) is 1.47. The minimum absolute atomic E-state index is 0.0514. The van der Waals surface area contributed by atoms with Crippen LogP contribution in [0.5, 0.6) is 0 Å². The lowest BCUT2D eigenvalue weighted by Gasteiger charge is -2.02. The Morgan fingerprint density at radius 1 is 1.21 bits per heavy atom. The van der Waals surface area contributed by atoms with Gasteiger partial charge in [-0.3, -0.25) is 0 Å². The minimum Gasteiger partial charge on any atom is -0.0789 e. The highest BCUT2D eigenvalue weighted by Gasteiger charge is 2.58. The van der Waals surface area contributed by atoms with Crippen LogP contribution < -0.4 is 0 Å². The Labute approximate surface area is 93.8 Å². The second-order valence-corrected chi connectivity index (χ2v) is 5.83. The fourth-order valence-corrected chi connectivity index (χ4v) is 2.27. The van der Waals surface area contributed by atoms with Gasteiger partial charge in [0.15, 0.2) is 0 Å². The van der Waals surface area contributed by atoms with Gasteiger partial charge >= 0.3 is 0 Å². The molecule has 1 heteroatoms. The van der Waals surface area contributed by atoms with E-state index < -0.39 is 0 Å². The molecule has 0 aromatic heterocycles. The van der Waals surface area contributed by atoms with Crippen LogP contribution in [-0.2, 0) is 0 Å². The van der Waals surface area contributed by atoms with Crippen LogP contribution in [-0.4, -0.2) is 4.32 Å². The number of hydrogen-bond donors (Lipinski definition) is 0. The van der Waals surface area contributed by atoms with Gasteiger partial charge in [-0.15, -0.1) is 0 Å². The maximum absolute atomic E-state index is 3.70. The molecule has 0 heterocycles. The first-order valence-corrected chi connectivity index (χ1v) is 5.60. The predicted molar refractivity (Wildman–Crippen MR) is 63.4 cm³/mol. The van der Waals surface area contributed by atoms with Gasteiger partial charge in [-0.25, -0.2) is 0 Å². The van der Waals surface area contributed by atoms with Gasteiger partial charge in [-0.05, 0) is 24.0 Å². The van der Waals surface area contributed by atoms with E-state index in [0.717, 1.165) is 12.0 Å². The van der Waals surface area contributed by atoms with Crippen LogP contribution in [0.25, 0.3) is 0 Å². The molecule has 0 aliphatic heterocycles. The maximum atomic E-state index is 3.70. The molecule has 0 radical (unpaired) electrons. The first-order valence-electron chi connectivity index (χ1n) is 4.81. The van der Waals surface area contributed by atoms with Crippen molar-refractivity contribution in [2.75, 3.05) is 0 Å². The van der Waals surface area contributed by atoms with E-state index in [1.165, 1.54) is 0 Å². The summed E-state index contributed by atoms with van der Waals surface area (Å²) >= 11 is 3.70. The zero-order chi connectivity index (χ0) is 10.2. The smallest absolute Gasteiger partial charge is 0.0789 e. The molecular formula is C13H13Br. The Morgan fingerprint density at radius 2 is 1.79 bits per heavy atom. The number of benzene rings is 1. The zero-order valence-corrected chi connectivity index (χ0v) is 10.1. The summed E-state index contributed by atoms with van der Waals surface area (Å²) in [5.74, 6) is 6.51. The Hall–Kier alpha value is -0.740. The Balaban J connectivity index is 2.17.